The van der Waals surface area contributed by atoms with Gasteiger partial charge in [-0.1, -0.05) is 6.92 Å². The zero-order valence-corrected chi connectivity index (χ0v) is 8.85. The summed E-state index contributed by atoms with van der Waals surface area (Å²) in [6.07, 6.45) is 2.36. The first-order chi connectivity index (χ1) is 5.37. The van der Waals surface area contributed by atoms with E-state index < -0.39 is 0 Å². The molecule has 1 fully saturated rings. The third-order valence-corrected chi connectivity index (χ3v) is 2.98. The molecule has 0 aliphatic carbocycles. The van der Waals surface area contributed by atoms with Gasteiger partial charge in [0.25, 0.3) is 0 Å². The van der Waals surface area contributed by atoms with Gasteiger partial charge in [0.05, 0.1) is 0 Å². The van der Waals surface area contributed by atoms with Gasteiger partial charge in [-0.25, -0.2) is 0 Å². The van der Waals surface area contributed by atoms with Crippen LogP contribution in [-0.2, 0) is 0 Å². The Bertz CT molecular complexity index is 160. The second-order valence-electron chi connectivity index (χ2n) is 5.01. The summed E-state index contributed by atoms with van der Waals surface area (Å²) in [5.74, 6) is 0. The first kappa shape index (κ1) is 10.0. The molecule has 0 aromatic carbocycles. The average Bonchev–Trinajstić information content (AvgIpc) is 2.58. The van der Waals surface area contributed by atoms with Crippen molar-refractivity contribution in [2.45, 2.75) is 51.6 Å². The largest absolute Gasteiger partial charge is 0.326 e. The van der Waals surface area contributed by atoms with E-state index in [2.05, 4.69) is 32.6 Å². The molecular formula is C10H22N2. The summed E-state index contributed by atoms with van der Waals surface area (Å²) in [5, 5.41) is 0. The monoisotopic (exact) mass is 170 g/mol. The Morgan fingerprint density at radius 1 is 1.50 bits per heavy atom. The van der Waals surface area contributed by atoms with E-state index in [1.807, 2.05) is 0 Å². The van der Waals surface area contributed by atoms with Crippen molar-refractivity contribution < 1.29 is 0 Å². The highest BCUT2D eigenvalue weighted by molar-refractivity contribution is 5.02. The summed E-state index contributed by atoms with van der Waals surface area (Å²) < 4.78 is 0. The Kier molecular flexibility index (Phi) is 2.50. The first-order valence-electron chi connectivity index (χ1n) is 4.91. The van der Waals surface area contributed by atoms with Crippen LogP contribution in [0.2, 0.25) is 0 Å². The topological polar surface area (TPSA) is 29.0 Å². The van der Waals surface area contributed by atoms with Gasteiger partial charge < -0.3 is 5.73 Å². The normalized spacial score (nSPS) is 35.2. The second-order valence-corrected chi connectivity index (χ2v) is 5.01. The van der Waals surface area contributed by atoms with Crippen molar-refractivity contribution in [1.29, 1.82) is 0 Å². The molecule has 2 heteroatoms. The van der Waals surface area contributed by atoms with Crippen LogP contribution >= 0.6 is 0 Å². The molecular weight excluding hydrogens is 148 g/mol. The zero-order chi connectivity index (χ0) is 9.41. The molecule has 1 aliphatic heterocycles. The van der Waals surface area contributed by atoms with E-state index in [9.17, 15) is 0 Å². The highest BCUT2D eigenvalue weighted by Crippen LogP contribution is 2.35. The maximum Gasteiger partial charge on any atom is 0.0306 e. The van der Waals surface area contributed by atoms with Crippen molar-refractivity contribution >= 4 is 0 Å². The molecule has 72 valence electrons. The van der Waals surface area contributed by atoms with Crippen molar-refractivity contribution in [3.05, 3.63) is 0 Å². The third-order valence-electron chi connectivity index (χ3n) is 2.98. The van der Waals surface area contributed by atoms with Gasteiger partial charge in [0, 0.05) is 24.2 Å². The van der Waals surface area contributed by atoms with Crippen LogP contribution < -0.4 is 5.73 Å². The number of hydrogen-bond donors (Lipinski definition) is 1. The van der Waals surface area contributed by atoms with E-state index >= 15 is 0 Å². The molecule has 2 atom stereocenters. The van der Waals surface area contributed by atoms with Crippen LogP contribution in [0.15, 0.2) is 0 Å². The smallest absolute Gasteiger partial charge is 0.0306 e. The third kappa shape index (κ3) is 2.46. The molecule has 2 N–H and O–H groups in total. The quantitative estimate of drug-likeness (QED) is 0.649. The molecule has 1 heterocycles. The molecule has 1 saturated heterocycles. The van der Waals surface area contributed by atoms with Crippen LogP contribution in [0.25, 0.3) is 0 Å². The lowest BCUT2D eigenvalue weighted by atomic mass is 10.0. The minimum Gasteiger partial charge on any atom is -0.326 e. The van der Waals surface area contributed by atoms with Gasteiger partial charge in [-0.3, -0.25) is 4.90 Å². The summed E-state index contributed by atoms with van der Waals surface area (Å²) in [7, 11) is 0. The maximum absolute atomic E-state index is 5.91. The molecule has 12 heavy (non-hydrogen) atoms. The molecule has 0 radical (unpaired) electrons. The fourth-order valence-corrected chi connectivity index (χ4v) is 1.48. The molecule has 1 rings (SSSR count). The molecule has 2 nitrogen and oxygen atoms in total. The molecule has 0 bridgehead atoms. The number of rotatable bonds is 4. The maximum atomic E-state index is 5.91. The van der Waals surface area contributed by atoms with Gasteiger partial charge >= 0.3 is 0 Å². The van der Waals surface area contributed by atoms with Crippen LogP contribution in [0.4, 0.5) is 0 Å². The van der Waals surface area contributed by atoms with Crippen LogP contribution in [0.1, 0.15) is 40.5 Å². The van der Waals surface area contributed by atoms with Crippen LogP contribution in [0, 0.1) is 0 Å². The van der Waals surface area contributed by atoms with E-state index in [-0.39, 0.29) is 5.54 Å². The van der Waals surface area contributed by atoms with E-state index in [1.54, 1.807) is 0 Å². The van der Waals surface area contributed by atoms with E-state index in [0.717, 1.165) is 13.0 Å². The summed E-state index contributed by atoms with van der Waals surface area (Å²) in [6.45, 7) is 11.2. The van der Waals surface area contributed by atoms with Crippen LogP contribution in [0.3, 0.4) is 0 Å². The predicted molar refractivity (Wildman–Crippen MR) is 53.2 cm³/mol. The Morgan fingerprint density at radius 3 is 2.42 bits per heavy atom. The van der Waals surface area contributed by atoms with Gasteiger partial charge in [-0.05, 0) is 33.6 Å². The highest BCUT2D eigenvalue weighted by Gasteiger charge is 2.45. The molecule has 1 aliphatic rings. The summed E-state index contributed by atoms with van der Waals surface area (Å²) in [6, 6.07) is 0. The van der Waals surface area contributed by atoms with Crippen molar-refractivity contribution in [3.8, 4) is 0 Å². The number of hydrogen-bond acceptors (Lipinski definition) is 2. The number of nitrogens with zero attached hydrogens (tertiary/aromatic N) is 1. The Hall–Kier alpha value is -0.0800. The van der Waals surface area contributed by atoms with Gasteiger partial charge in [-0.2, -0.15) is 0 Å². The molecule has 0 spiro atoms. The molecule has 0 amide bonds. The van der Waals surface area contributed by atoms with Gasteiger partial charge in [-0.15, -0.1) is 0 Å². The molecule has 0 aromatic heterocycles. The Morgan fingerprint density at radius 2 is 2.08 bits per heavy atom. The fourth-order valence-electron chi connectivity index (χ4n) is 1.48. The summed E-state index contributed by atoms with van der Waals surface area (Å²) in [5.41, 5.74) is 6.42. The molecule has 2 unspecified atom stereocenters. The van der Waals surface area contributed by atoms with Gasteiger partial charge in [0.2, 0.25) is 0 Å². The standard InChI is InChI=1S/C10H22N2/c1-5-10(4)8-12(10)7-6-9(2,3)11/h5-8,11H2,1-4H3. The molecule has 0 aromatic rings. The summed E-state index contributed by atoms with van der Waals surface area (Å²) in [4.78, 5) is 2.52. The fraction of sp³-hybridized carbons (Fsp3) is 1.00. The van der Waals surface area contributed by atoms with Crippen molar-refractivity contribution in [2.24, 2.45) is 5.73 Å². The lowest BCUT2D eigenvalue weighted by Crippen LogP contribution is -2.34. The first-order valence-corrected chi connectivity index (χ1v) is 4.91. The summed E-state index contributed by atoms with van der Waals surface area (Å²) >= 11 is 0. The van der Waals surface area contributed by atoms with Crippen LogP contribution in [-0.4, -0.2) is 29.1 Å². The highest BCUT2D eigenvalue weighted by atomic mass is 15.3. The SMILES string of the molecule is CCC1(C)CN1CCC(C)(C)N. The Labute approximate surface area is 76.1 Å². The average molecular weight is 170 g/mol. The minimum atomic E-state index is -0.00274. The van der Waals surface area contributed by atoms with Gasteiger partial charge in [0.1, 0.15) is 0 Å². The lowest BCUT2D eigenvalue weighted by molar-refractivity contribution is 0.357. The number of nitrogens with two attached hydrogens (primary N) is 1. The zero-order valence-electron chi connectivity index (χ0n) is 8.85. The van der Waals surface area contributed by atoms with Crippen molar-refractivity contribution in [2.75, 3.05) is 13.1 Å². The molecule has 0 saturated carbocycles. The second kappa shape index (κ2) is 3.00. The predicted octanol–water partition coefficient (Wildman–Crippen LogP) is 1.60. The van der Waals surface area contributed by atoms with Crippen molar-refractivity contribution in [3.63, 3.8) is 0 Å². The van der Waals surface area contributed by atoms with E-state index in [4.69, 9.17) is 5.73 Å². The van der Waals surface area contributed by atoms with Gasteiger partial charge in [0.15, 0.2) is 0 Å². The minimum absolute atomic E-state index is 0.00274. The lowest BCUT2D eigenvalue weighted by Gasteiger charge is -2.19. The van der Waals surface area contributed by atoms with Crippen molar-refractivity contribution in [1.82, 2.24) is 4.90 Å². The van der Waals surface area contributed by atoms with E-state index in [1.165, 1.54) is 13.0 Å². The van der Waals surface area contributed by atoms with Crippen LogP contribution in [0.5, 0.6) is 0 Å². The Balaban J connectivity index is 2.20. The van der Waals surface area contributed by atoms with E-state index in [0.29, 0.717) is 5.54 Å².